The third-order valence-corrected chi connectivity index (χ3v) is 3.74. The molecule has 2 rings (SSSR count). The van der Waals surface area contributed by atoms with Crippen LogP contribution < -0.4 is 9.47 Å². The van der Waals surface area contributed by atoms with E-state index in [1.54, 1.807) is 36.4 Å². The van der Waals surface area contributed by atoms with E-state index in [-0.39, 0.29) is 18.1 Å². The Morgan fingerprint density at radius 1 is 1.11 bits per heavy atom. The van der Waals surface area contributed by atoms with Crippen LogP contribution >= 0.6 is 0 Å². The van der Waals surface area contributed by atoms with Crippen LogP contribution in [-0.2, 0) is 0 Å². The Balaban J connectivity index is 1.95. The van der Waals surface area contributed by atoms with Crippen molar-refractivity contribution >= 4 is 12.2 Å². The molecule has 0 saturated carbocycles. The Bertz CT molecular complexity index is 756. The maximum atomic E-state index is 12.2. The Hall–Kier alpha value is -2.86. The Kier molecular flexibility index (Phi) is 8.32. The predicted octanol–water partition coefficient (Wildman–Crippen LogP) is 3.59. The van der Waals surface area contributed by atoms with Crippen LogP contribution in [0.25, 0.3) is 0 Å². The topological polar surface area (TPSA) is 88.4 Å². The molecule has 0 radical (unpaired) electrons. The van der Waals surface area contributed by atoms with Crippen molar-refractivity contribution in [2.75, 3.05) is 19.8 Å². The van der Waals surface area contributed by atoms with Crippen molar-refractivity contribution in [3.63, 3.8) is 0 Å². The molecular formula is C21H25NO5. The molecule has 0 atom stereocenters. The second-order valence-electron chi connectivity index (χ2n) is 5.95. The highest BCUT2D eigenvalue weighted by Crippen LogP contribution is 2.23. The van der Waals surface area contributed by atoms with Gasteiger partial charge in [-0.3, -0.25) is 4.99 Å². The number of esters is 1. The minimum Gasteiger partial charge on any atom is -0.507 e. The minimum absolute atomic E-state index is 0.0345. The molecule has 0 amide bonds. The highest BCUT2D eigenvalue weighted by atomic mass is 16.5. The van der Waals surface area contributed by atoms with Gasteiger partial charge < -0.3 is 19.7 Å². The summed E-state index contributed by atoms with van der Waals surface area (Å²) in [7, 11) is 0. The fraction of sp³-hybridized carbons (Fsp3) is 0.333. The number of ether oxygens (including phenoxy) is 2. The molecule has 0 aliphatic rings. The van der Waals surface area contributed by atoms with Gasteiger partial charge in [0.2, 0.25) is 0 Å². The third kappa shape index (κ3) is 6.75. The van der Waals surface area contributed by atoms with Gasteiger partial charge in [0.25, 0.3) is 0 Å². The van der Waals surface area contributed by atoms with Crippen molar-refractivity contribution in [3.8, 4) is 17.2 Å². The second kappa shape index (κ2) is 11.0. The second-order valence-corrected chi connectivity index (χ2v) is 5.95. The van der Waals surface area contributed by atoms with Gasteiger partial charge in [-0.1, -0.05) is 13.3 Å². The van der Waals surface area contributed by atoms with Crippen LogP contribution in [0.2, 0.25) is 0 Å². The largest absolute Gasteiger partial charge is 0.507 e. The van der Waals surface area contributed by atoms with Crippen LogP contribution in [0.5, 0.6) is 17.2 Å². The van der Waals surface area contributed by atoms with Gasteiger partial charge in [-0.25, -0.2) is 4.79 Å². The number of rotatable bonds is 10. The number of hydrogen-bond acceptors (Lipinski definition) is 6. The van der Waals surface area contributed by atoms with Crippen molar-refractivity contribution in [2.24, 2.45) is 4.99 Å². The molecule has 2 aromatic rings. The molecule has 0 unspecified atom stereocenters. The molecule has 0 saturated heterocycles. The van der Waals surface area contributed by atoms with Gasteiger partial charge >= 0.3 is 5.97 Å². The lowest BCUT2D eigenvalue weighted by atomic mass is 10.2. The molecule has 0 bridgehead atoms. The number of nitrogens with zero attached hydrogens (tertiary/aromatic N) is 1. The van der Waals surface area contributed by atoms with Crippen LogP contribution in [0.3, 0.4) is 0 Å². The van der Waals surface area contributed by atoms with Crippen LogP contribution in [0.4, 0.5) is 0 Å². The number of carbonyl (C=O) groups is 1. The van der Waals surface area contributed by atoms with E-state index in [9.17, 15) is 9.90 Å². The zero-order chi connectivity index (χ0) is 19.5. The Labute approximate surface area is 159 Å². The van der Waals surface area contributed by atoms with Gasteiger partial charge in [0.05, 0.1) is 12.2 Å². The highest BCUT2D eigenvalue weighted by Gasteiger charge is 2.10. The number of unbranched alkanes of at least 4 members (excludes halogenated alkanes) is 1. The van der Waals surface area contributed by atoms with Crippen molar-refractivity contribution in [1.82, 2.24) is 0 Å². The molecule has 2 N–H and O–H groups in total. The molecule has 0 fully saturated rings. The molecule has 6 heteroatoms. The lowest BCUT2D eigenvalue weighted by molar-refractivity contribution is 0.0734. The number of aliphatic hydroxyl groups is 1. The molecule has 0 heterocycles. The quantitative estimate of drug-likeness (QED) is 0.288. The van der Waals surface area contributed by atoms with E-state index in [1.807, 2.05) is 0 Å². The standard InChI is InChI=1S/C21H25NO5/c1-2-3-13-26-18-8-5-16(6-9-18)21(25)27-19-10-7-17(20(24)14-19)15-22-11-4-12-23/h5-10,14-15,23-24H,2-4,11-13H2,1H3. The number of hydrogen-bond donors (Lipinski definition) is 2. The average molecular weight is 371 g/mol. The number of phenols is 1. The van der Waals surface area contributed by atoms with E-state index in [0.29, 0.717) is 36.4 Å². The van der Waals surface area contributed by atoms with Crippen LogP contribution in [0.15, 0.2) is 47.5 Å². The monoisotopic (exact) mass is 371 g/mol. The Morgan fingerprint density at radius 2 is 1.85 bits per heavy atom. The number of aromatic hydroxyl groups is 1. The average Bonchev–Trinajstić information content (AvgIpc) is 2.67. The molecule has 144 valence electrons. The van der Waals surface area contributed by atoms with Crippen LogP contribution in [0.1, 0.15) is 42.1 Å². The van der Waals surface area contributed by atoms with Crippen molar-refractivity contribution in [3.05, 3.63) is 53.6 Å². The van der Waals surface area contributed by atoms with E-state index >= 15 is 0 Å². The molecule has 0 spiro atoms. The minimum atomic E-state index is -0.515. The first-order chi connectivity index (χ1) is 13.1. The highest BCUT2D eigenvalue weighted by molar-refractivity contribution is 5.91. The van der Waals surface area contributed by atoms with Gasteiger partial charge in [0.15, 0.2) is 0 Å². The first kappa shape index (κ1) is 20.5. The van der Waals surface area contributed by atoms with Crippen LogP contribution in [0, 0.1) is 0 Å². The number of phenolic OH excluding ortho intramolecular Hbond substituents is 1. The summed E-state index contributed by atoms with van der Waals surface area (Å²) in [6.45, 7) is 3.29. The number of aliphatic hydroxyl groups excluding tert-OH is 1. The lowest BCUT2D eigenvalue weighted by Crippen LogP contribution is -2.08. The van der Waals surface area contributed by atoms with Crippen LogP contribution in [-0.4, -0.2) is 42.2 Å². The van der Waals surface area contributed by atoms with Gasteiger partial charge in [-0.15, -0.1) is 0 Å². The molecular weight excluding hydrogens is 346 g/mol. The lowest BCUT2D eigenvalue weighted by Gasteiger charge is -2.08. The first-order valence-corrected chi connectivity index (χ1v) is 9.02. The fourth-order valence-corrected chi connectivity index (χ4v) is 2.21. The zero-order valence-electron chi connectivity index (χ0n) is 15.4. The molecule has 2 aromatic carbocycles. The summed E-state index contributed by atoms with van der Waals surface area (Å²) < 4.78 is 10.9. The summed E-state index contributed by atoms with van der Waals surface area (Å²) in [6, 6.07) is 11.3. The summed E-state index contributed by atoms with van der Waals surface area (Å²) in [5.74, 6) is 0.405. The van der Waals surface area contributed by atoms with Gasteiger partial charge in [-0.2, -0.15) is 0 Å². The van der Waals surface area contributed by atoms with Gasteiger partial charge in [0.1, 0.15) is 17.2 Å². The maximum Gasteiger partial charge on any atom is 0.343 e. The van der Waals surface area contributed by atoms with E-state index in [2.05, 4.69) is 11.9 Å². The normalized spacial score (nSPS) is 10.9. The molecule has 0 aliphatic carbocycles. The van der Waals surface area contributed by atoms with Gasteiger partial charge in [-0.05, 0) is 49.2 Å². The molecule has 6 nitrogen and oxygen atoms in total. The Morgan fingerprint density at radius 3 is 2.52 bits per heavy atom. The number of benzene rings is 2. The van der Waals surface area contributed by atoms with E-state index in [1.165, 1.54) is 12.3 Å². The first-order valence-electron chi connectivity index (χ1n) is 9.02. The summed E-state index contributed by atoms with van der Waals surface area (Å²) >= 11 is 0. The summed E-state index contributed by atoms with van der Waals surface area (Å²) in [4.78, 5) is 16.3. The number of aliphatic imine (C=N–C) groups is 1. The predicted molar refractivity (Wildman–Crippen MR) is 104 cm³/mol. The van der Waals surface area contributed by atoms with Gasteiger partial charge in [0, 0.05) is 31.0 Å². The summed E-state index contributed by atoms with van der Waals surface area (Å²) in [5, 5.41) is 18.7. The van der Waals surface area contributed by atoms with E-state index in [0.717, 1.165) is 12.8 Å². The number of carbonyl (C=O) groups excluding carboxylic acids is 1. The molecule has 0 aliphatic heterocycles. The smallest absolute Gasteiger partial charge is 0.343 e. The van der Waals surface area contributed by atoms with E-state index in [4.69, 9.17) is 14.6 Å². The SMILES string of the molecule is CCCCOc1ccc(C(=O)Oc2ccc(C=NCCCO)c(O)c2)cc1. The summed E-state index contributed by atoms with van der Waals surface area (Å²) in [6.07, 6.45) is 4.13. The molecule has 0 aromatic heterocycles. The fourth-order valence-electron chi connectivity index (χ4n) is 2.21. The third-order valence-electron chi connectivity index (χ3n) is 3.74. The van der Waals surface area contributed by atoms with E-state index < -0.39 is 5.97 Å². The van der Waals surface area contributed by atoms with Crippen molar-refractivity contribution in [1.29, 1.82) is 0 Å². The zero-order valence-corrected chi connectivity index (χ0v) is 15.4. The molecule has 27 heavy (non-hydrogen) atoms. The maximum absolute atomic E-state index is 12.2. The van der Waals surface area contributed by atoms with Crippen molar-refractivity contribution in [2.45, 2.75) is 26.2 Å². The summed E-state index contributed by atoms with van der Waals surface area (Å²) in [5.41, 5.74) is 0.910. The van der Waals surface area contributed by atoms with Crippen molar-refractivity contribution < 1.29 is 24.5 Å².